The molecule has 7 heteroatoms. The normalized spacial score (nSPS) is 10.4. The van der Waals surface area contributed by atoms with Crippen molar-refractivity contribution in [2.24, 2.45) is 0 Å². The maximum absolute atomic E-state index is 11.5. The van der Waals surface area contributed by atoms with Crippen molar-refractivity contribution in [2.45, 2.75) is 6.92 Å². The Hall–Kier alpha value is -1.40. The number of hydrogen-bond donors (Lipinski definition) is 0. The number of aromatic nitrogens is 2. The Morgan fingerprint density at radius 2 is 2.44 bits per heavy atom. The van der Waals surface area contributed by atoms with E-state index < -0.39 is 5.97 Å². The highest BCUT2D eigenvalue weighted by Crippen LogP contribution is 2.26. The van der Waals surface area contributed by atoms with Crippen LogP contribution in [0.1, 0.15) is 17.4 Å². The Labute approximate surface area is 100 Å². The van der Waals surface area contributed by atoms with E-state index >= 15 is 0 Å². The van der Waals surface area contributed by atoms with Gasteiger partial charge in [0.05, 0.1) is 18.3 Å². The molecule has 0 aliphatic heterocycles. The molecule has 16 heavy (non-hydrogen) atoms. The molecule has 0 aromatic carbocycles. The molecule has 0 aliphatic carbocycles. The minimum atomic E-state index is -0.497. The highest BCUT2D eigenvalue weighted by Gasteiger charge is 2.20. The quantitative estimate of drug-likeness (QED) is 0.792. The molecule has 0 spiro atoms. The Morgan fingerprint density at radius 3 is 3.06 bits per heavy atom. The monoisotopic (exact) mass is 258 g/mol. The molecule has 0 saturated carbocycles. The van der Waals surface area contributed by atoms with Gasteiger partial charge in [-0.3, -0.25) is 0 Å². The lowest BCUT2D eigenvalue weighted by atomic mass is 10.2. The zero-order valence-electron chi connectivity index (χ0n) is 8.27. The number of halogens is 1. The zero-order chi connectivity index (χ0) is 11.5. The summed E-state index contributed by atoms with van der Waals surface area (Å²) >= 11 is 6.58. The smallest absolute Gasteiger partial charge is 0.360 e. The van der Waals surface area contributed by atoms with Crippen LogP contribution in [0.4, 0.5) is 0 Å². The summed E-state index contributed by atoms with van der Waals surface area (Å²) in [6.07, 6.45) is 1.42. The maximum atomic E-state index is 11.5. The van der Waals surface area contributed by atoms with E-state index in [0.717, 1.165) is 11.7 Å². The molecular weight excluding hydrogens is 252 g/mol. The van der Waals surface area contributed by atoms with Gasteiger partial charge < -0.3 is 9.15 Å². The Morgan fingerprint density at radius 1 is 1.62 bits per heavy atom. The Kier molecular flexibility index (Phi) is 3.21. The largest absolute Gasteiger partial charge is 0.461 e. The third-order valence-corrected chi connectivity index (χ3v) is 2.52. The van der Waals surface area contributed by atoms with E-state index in [0.29, 0.717) is 17.9 Å². The number of ether oxygens (including phenoxy) is 1. The summed E-state index contributed by atoms with van der Waals surface area (Å²) in [6, 6.07) is 1.57. The predicted molar refractivity (Wildman–Crippen MR) is 58.6 cm³/mol. The van der Waals surface area contributed by atoms with Crippen molar-refractivity contribution in [3.8, 4) is 11.3 Å². The van der Waals surface area contributed by atoms with E-state index in [2.05, 4.69) is 8.75 Å². The van der Waals surface area contributed by atoms with Gasteiger partial charge >= 0.3 is 5.97 Å². The van der Waals surface area contributed by atoms with Crippen molar-refractivity contribution in [2.75, 3.05) is 6.61 Å². The average molecular weight is 259 g/mol. The molecule has 0 fully saturated rings. The lowest BCUT2D eigenvalue weighted by molar-refractivity contribution is 0.0521. The molecule has 0 aliphatic rings. The highest BCUT2D eigenvalue weighted by atomic mass is 35.5. The summed E-state index contributed by atoms with van der Waals surface area (Å²) in [7, 11) is 0. The number of rotatable bonds is 3. The minimum absolute atomic E-state index is 0.185. The summed E-state index contributed by atoms with van der Waals surface area (Å²) in [5, 5.41) is 0.234. The predicted octanol–water partition coefficient (Wildman–Crippen LogP) is 2.63. The second-order valence-corrected chi connectivity index (χ2v) is 3.72. The number of furan rings is 1. The van der Waals surface area contributed by atoms with Crippen LogP contribution in [0.3, 0.4) is 0 Å². The third kappa shape index (κ3) is 2.07. The van der Waals surface area contributed by atoms with Gasteiger partial charge in [-0.25, -0.2) is 4.79 Å². The molecule has 0 radical (unpaired) electrons. The van der Waals surface area contributed by atoms with Crippen molar-refractivity contribution in [1.82, 2.24) is 8.75 Å². The summed E-state index contributed by atoms with van der Waals surface area (Å²) in [4.78, 5) is 11.5. The average Bonchev–Trinajstić information content (AvgIpc) is 2.85. The van der Waals surface area contributed by atoms with Crippen LogP contribution in [0.2, 0.25) is 5.22 Å². The Balaban J connectivity index is 2.36. The third-order valence-electron chi connectivity index (χ3n) is 1.80. The SMILES string of the molecule is CCOC(=O)c1nsnc1-c1coc(Cl)c1. The molecule has 0 bridgehead atoms. The van der Waals surface area contributed by atoms with Crippen LogP contribution in [0.5, 0.6) is 0 Å². The number of carbonyl (C=O) groups excluding carboxylic acids is 1. The molecule has 0 saturated heterocycles. The van der Waals surface area contributed by atoms with Gasteiger partial charge in [-0.1, -0.05) is 0 Å². The first-order chi connectivity index (χ1) is 7.72. The molecule has 2 rings (SSSR count). The van der Waals surface area contributed by atoms with Crippen LogP contribution in [0.15, 0.2) is 16.7 Å². The maximum Gasteiger partial charge on any atom is 0.360 e. The van der Waals surface area contributed by atoms with Crippen molar-refractivity contribution in [3.63, 3.8) is 0 Å². The highest BCUT2D eigenvalue weighted by molar-refractivity contribution is 6.99. The molecule has 0 atom stereocenters. The number of esters is 1. The minimum Gasteiger partial charge on any atom is -0.461 e. The fourth-order valence-electron chi connectivity index (χ4n) is 1.15. The van der Waals surface area contributed by atoms with Crippen molar-refractivity contribution in [1.29, 1.82) is 0 Å². The zero-order valence-corrected chi connectivity index (χ0v) is 9.84. The molecule has 5 nitrogen and oxygen atoms in total. The van der Waals surface area contributed by atoms with Gasteiger partial charge in [0.2, 0.25) is 0 Å². The summed E-state index contributed by atoms with van der Waals surface area (Å²) in [5.41, 5.74) is 1.23. The molecule has 0 N–H and O–H groups in total. The van der Waals surface area contributed by atoms with Gasteiger partial charge in [0.15, 0.2) is 10.9 Å². The second kappa shape index (κ2) is 4.63. The fourth-order valence-corrected chi connectivity index (χ4v) is 1.86. The van der Waals surface area contributed by atoms with E-state index in [-0.39, 0.29) is 10.9 Å². The van der Waals surface area contributed by atoms with E-state index in [1.807, 2.05) is 0 Å². The van der Waals surface area contributed by atoms with Gasteiger partial charge in [-0.15, -0.1) is 0 Å². The standard InChI is InChI=1S/C9H7ClN2O3S/c1-2-14-9(13)8-7(11-16-12-8)5-3-6(10)15-4-5/h3-4H,2H2,1H3. The van der Waals surface area contributed by atoms with Gasteiger partial charge in [-0.2, -0.15) is 8.75 Å². The molecule has 2 aromatic heterocycles. The van der Waals surface area contributed by atoms with E-state index in [1.54, 1.807) is 13.0 Å². The Bertz CT molecular complexity index is 508. The second-order valence-electron chi connectivity index (χ2n) is 2.82. The fraction of sp³-hybridized carbons (Fsp3) is 0.222. The molecule has 0 amide bonds. The van der Waals surface area contributed by atoms with Gasteiger partial charge in [0, 0.05) is 11.6 Å². The van der Waals surface area contributed by atoms with Gasteiger partial charge in [-0.05, 0) is 18.5 Å². The summed E-state index contributed by atoms with van der Waals surface area (Å²) in [5.74, 6) is -0.497. The molecule has 2 aromatic rings. The van der Waals surface area contributed by atoms with Crippen LogP contribution in [0.25, 0.3) is 11.3 Å². The summed E-state index contributed by atoms with van der Waals surface area (Å²) in [6.45, 7) is 2.02. The number of hydrogen-bond acceptors (Lipinski definition) is 6. The lowest BCUT2D eigenvalue weighted by Gasteiger charge is -1.98. The van der Waals surface area contributed by atoms with Gasteiger partial charge in [0.25, 0.3) is 0 Å². The topological polar surface area (TPSA) is 65.2 Å². The van der Waals surface area contributed by atoms with E-state index in [4.69, 9.17) is 20.8 Å². The lowest BCUT2D eigenvalue weighted by Crippen LogP contribution is -2.06. The first-order valence-electron chi connectivity index (χ1n) is 4.46. The van der Waals surface area contributed by atoms with Crippen LogP contribution in [-0.2, 0) is 4.74 Å². The van der Waals surface area contributed by atoms with Crippen molar-refractivity contribution in [3.05, 3.63) is 23.2 Å². The van der Waals surface area contributed by atoms with Crippen molar-refractivity contribution >= 4 is 29.3 Å². The van der Waals surface area contributed by atoms with Gasteiger partial charge in [0.1, 0.15) is 12.0 Å². The molecular formula is C9H7ClN2O3S. The van der Waals surface area contributed by atoms with E-state index in [9.17, 15) is 4.79 Å². The van der Waals surface area contributed by atoms with E-state index in [1.165, 1.54) is 6.26 Å². The number of carbonyl (C=O) groups is 1. The molecule has 2 heterocycles. The van der Waals surface area contributed by atoms with Crippen LogP contribution in [-0.4, -0.2) is 21.3 Å². The first kappa shape index (κ1) is 11.1. The first-order valence-corrected chi connectivity index (χ1v) is 5.57. The van der Waals surface area contributed by atoms with Crippen molar-refractivity contribution < 1.29 is 13.9 Å². The summed E-state index contributed by atoms with van der Waals surface area (Å²) < 4.78 is 17.7. The van der Waals surface area contributed by atoms with Crippen LogP contribution in [0, 0.1) is 0 Å². The molecule has 84 valence electrons. The molecule has 0 unspecified atom stereocenters. The number of nitrogens with zero attached hydrogens (tertiary/aromatic N) is 2. The van der Waals surface area contributed by atoms with Crippen LogP contribution >= 0.6 is 23.3 Å². The van der Waals surface area contributed by atoms with Crippen LogP contribution < -0.4 is 0 Å².